The Morgan fingerprint density at radius 2 is 1.97 bits per heavy atom. The van der Waals surface area contributed by atoms with E-state index < -0.39 is 17.7 Å². The number of nitrogens with one attached hydrogen (secondary N) is 1. The Morgan fingerprint density at radius 3 is 2.73 bits per heavy atom. The standard InChI is InChI=1S/C24H21F2N5O2/c1-33-18-7-4-15(5-8-18)22-28-21-3-2-11-27-23(21)31(22)17-10-12-30(14-17)24(32)29-20-9-6-16(25)13-19(20)26/h2-9,11,13,17H,10,12,14H2,1H3,(H,29,32)/t17-/m0/s1. The van der Waals surface area contributed by atoms with Gasteiger partial charge in [0.05, 0.1) is 18.8 Å². The molecule has 4 aromatic rings. The van der Waals surface area contributed by atoms with E-state index >= 15 is 0 Å². The summed E-state index contributed by atoms with van der Waals surface area (Å²) in [4.78, 5) is 23.7. The number of fused-ring (bicyclic) bond motifs is 1. The summed E-state index contributed by atoms with van der Waals surface area (Å²) in [6, 6.07) is 13.9. The molecule has 0 spiro atoms. The van der Waals surface area contributed by atoms with Crippen LogP contribution in [0.4, 0.5) is 19.3 Å². The van der Waals surface area contributed by atoms with E-state index in [1.807, 2.05) is 36.4 Å². The van der Waals surface area contributed by atoms with Gasteiger partial charge in [-0.05, 0) is 55.0 Å². The zero-order valence-corrected chi connectivity index (χ0v) is 17.8. The third kappa shape index (κ3) is 3.97. The Morgan fingerprint density at radius 1 is 1.15 bits per heavy atom. The van der Waals surface area contributed by atoms with Gasteiger partial charge in [-0.1, -0.05) is 0 Å². The number of amides is 2. The Balaban J connectivity index is 1.43. The topological polar surface area (TPSA) is 72.3 Å². The highest BCUT2D eigenvalue weighted by molar-refractivity contribution is 5.89. The number of ether oxygens (including phenoxy) is 1. The first-order valence-electron chi connectivity index (χ1n) is 10.5. The highest BCUT2D eigenvalue weighted by Crippen LogP contribution is 2.33. The number of anilines is 1. The summed E-state index contributed by atoms with van der Waals surface area (Å²) in [6.45, 7) is 0.883. The zero-order chi connectivity index (χ0) is 22.9. The van der Waals surface area contributed by atoms with Crippen LogP contribution in [0.5, 0.6) is 5.75 Å². The van der Waals surface area contributed by atoms with Gasteiger partial charge in [0.1, 0.15) is 28.7 Å². The lowest BCUT2D eigenvalue weighted by atomic mass is 10.2. The summed E-state index contributed by atoms with van der Waals surface area (Å²) < 4.78 is 34.4. The lowest BCUT2D eigenvalue weighted by Gasteiger charge is -2.19. The van der Waals surface area contributed by atoms with Gasteiger partial charge in [-0.15, -0.1) is 0 Å². The number of rotatable bonds is 4. The molecule has 1 aliphatic rings. The first-order chi connectivity index (χ1) is 16.0. The van der Waals surface area contributed by atoms with E-state index in [4.69, 9.17) is 9.72 Å². The van der Waals surface area contributed by atoms with Crippen molar-refractivity contribution in [3.63, 3.8) is 0 Å². The van der Waals surface area contributed by atoms with Crippen molar-refractivity contribution < 1.29 is 18.3 Å². The number of urea groups is 1. The van der Waals surface area contributed by atoms with Gasteiger partial charge in [-0.2, -0.15) is 0 Å². The van der Waals surface area contributed by atoms with Gasteiger partial charge in [0.15, 0.2) is 5.65 Å². The average Bonchev–Trinajstić information content (AvgIpc) is 3.46. The fraction of sp³-hybridized carbons (Fsp3) is 0.208. The molecule has 1 saturated heterocycles. The van der Waals surface area contributed by atoms with Gasteiger partial charge < -0.3 is 19.5 Å². The molecule has 1 N–H and O–H groups in total. The predicted octanol–water partition coefficient (Wildman–Crippen LogP) is 4.86. The van der Waals surface area contributed by atoms with Gasteiger partial charge in [0, 0.05) is 30.9 Å². The molecule has 0 saturated carbocycles. The van der Waals surface area contributed by atoms with Gasteiger partial charge in [0.2, 0.25) is 0 Å². The van der Waals surface area contributed by atoms with Gasteiger partial charge in [0.25, 0.3) is 0 Å². The van der Waals surface area contributed by atoms with Crippen LogP contribution < -0.4 is 10.1 Å². The Hall–Kier alpha value is -4.01. The second-order valence-corrected chi connectivity index (χ2v) is 7.82. The molecule has 2 amide bonds. The first kappa shape index (κ1) is 20.9. The van der Waals surface area contributed by atoms with Crippen molar-refractivity contribution in [3.8, 4) is 17.1 Å². The molecule has 168 valence electrons. The summed E-state index contributed by atoms with van der Waals surface area (Å²) in [5.41, 5.74) is 2.35. The maximum atomic E-state index is 14.0. The number of likely N-dealkylation sites (tertiary alicyclic amines) is 1. The lowest BCUT2D eigenvalue weighted by molar-refractivity contribution is 0.221. The molecule has 9 heteroatoms. The van der Waals surface area contributed by atoms with E-state index in [0.717, 1.165) is 40.4 Å². The number of methoxy groups -OCH3 is 1. The zero-order valence-electron chi connectivity index (χ0n) is 17.8. The minimum Gasteiger partial charge on any atom is -0.497 e. The fourth-order valence-corrected chi connectivity index (χ4v) is 4.14. The number of halogens is 2. The summed E-state index contributed by atoms with van der Waals surface area (Å²) in [6.07, 6.45) is 2.40. The number of benzene rings is 2. The molecule has 5 rings (SSSR count). The van der Waals surface area contributed by atoms with E-state index in [1.54, 1.807) is 18.2 Å². The van der Waals surface area contributed by atoms with Crippen molar-refractivity contribution in [1.29, 1.82) is 0 Å². The minimum absolute atomic E-state index is 0.0569. The van der Waals surface area contributed by atoms with Crippen LogP contribution in [0.15, 0.2) is 60.8 Å². The molecule has 1 aliphatic heterocycles. The number of imidazole rings is 1. The smallest absolute Gasteiger partial charge is 0.321 e. The number of hydrogen-bond donors (Lipinski definition) is 1. The first-order valence-corrected chi connectivity index (χ1v) is 10.5. The Labute approximate surface area is 188 Å². The molecule has 3 heterocycles. The van der Waals surface area contributed by atoms with Crippen LogP contribution >= 0.6 is 0 Å². The highest BCUT2D eigenvalue weighted by Gasteiger charge is 2.31. The molecule has 2 aromatic carbocycles. The normalized spacial score (nSPS) is 15.7. The van der Waals surface area contributed by atoms with Gasteiger partial charge in [-0.25, -0.2) is 23.5 Å². The van der Waals surface area contributed by atoms with Crippen LogP contribution in [0.3, 0.4) is 0 Å². The molecule has 33 heavy (non-hydrogen) atoms. The van der Waals surface area contributed by atoms with Crippen molar-refractivity contribution in [2.24, 2.45) is 0 Å². The number of carbonyl (C=O) groups excluding carboxylic acids is 1. The van der Waals surface area contributed by atoms with Crippen LogP contribution in [-0.2, 0) is 0 Å². The van der Waals surface area contributed by atoms with Crippen LogP contribution in [-0.4, -0.2) is 45.7 Å². The number of carbonyl (C=O) groups is 1. The van der Waals surface area contributed by atoms with Crippen LogP contribution in [0.25, 0.3) is 22.6 Å². The molecule has 2 aromatic heterocycles. The van der Waals surface area contributed by atoms with Crippen LogP contribution in [0.1, 0.15) is 12.5 Å². The van der Waals surface area contributed by atoms with Gasteiger partial charge >= 0.3 is 6.03 Å². The summed E-state index contributed by atoms with van der Waals surface area (Å²) in [7, 11) is 1.62. The molecule has 0 bridgehead atoms. The van der Waals surface area contributed by atoms with E-state index in [2.05, 4.69) is 14.9 Å². The molecule has 7 nitrogen and oxygen atoms in total. The molecule has 1 atom stereocenters. The van der Waals surface area contributed by atoms with Crippen molar-refractivity contribution in [3.05, 3.63) is 72.4 Å². The maximum Gasteiger partial charge on any atom is 0.321 e. The minimum atomic E-state index is -0.814. The third-order valence-corrected chi connectivity index (χ3v) is 5.79. The summed E-state index contributed by atoms with van der Waals surface area (Å²) in [5.74, 6) is -0.0116. The van der Waals surface area contributed by atoms with Crippen LogP contribution in [0.2, 0.25) is 0 Å². The second kappa shape index (κ2) is 8.50. The van der Waals surface area contributed by atoms with Crippen molar-refractivity contribution >= 4 is 22.9 Å². The average molecular weight is 449 g/mol. The van der Waals surface area contributed by atoms with E-state index in [0.29, 0.717) is 19.5 Å². The van der Waals surface area contributed by atoms with Crippen molar-refractivity contribution in [1.82, 2.24) is 19.4 Å². The SMILES string of the molecule is COc1ccc(-c2nc3cccnc3n2[C@H]2CCN(C(=O)Nc3ccc(F)cc3F)C2)cc1. The van der Waals surface area contributed by atoms with Crippen molar-refractivity contribution in [2.45, 2.75) is 12.5 Å². The largest absolute Gasteiger partial charge is 0.497 e. The van der Waals surface area contributed by atoms with Gasteiger partial charge in [-0.3, -0.25) is 0 Å². The lowest BCUT2D eigenvalue weighted by Crippen LogP contribution is -2.33. The predicted molar refractivity (Wildman–Crippen MR) is 120 cm³/mol. The molecular formula is C24H21F2N5O2. The third-order valence-electron chi connectivity index (χ3n) is 5.79. The quantitative estimate of drug-likeness (QED) is 0.483. The molecular weight excluding hydrogens is 428 g/mol. The fourth-order valence-electron chi connectivity index (χ4n) is 4.14. The molecule has 0 radical (unpaired) electrons. The number of nitrogens with zero attached hydrogens (tertiary/aromatic N) is 4. The van der Waals surface area contributed by atoms with E-state index in [1.165, 1.54) is 6.07 Å². The number of pyridine rings is 1. The van der Waals surface area contributed by atoms with Crippen molar-refractivity contribution in [2.75, 3.05) is 25.5 Å². The van der Waals surface area contributed by atoms with E-state index in [9.17, 15) is 13.6 Å². The number of aromatic nitrogens is 3. The summed E-state index contributed by atoms with van der Waals surface area (Å²) in [5, 5.41) is 2.53. The Bertz CT molecular complexity index is 1320. The van der Waals surface area contributed by atoms with Crippen LogP contribution in [0, 0.1) is 11.6 Å². The van der Waals surface area contributed by atoms with E-state index in [-0.39, 0.29) is 11.7 Å². The second-order valence-electron chi connectivity index (χ2n) is 7.82. The summed E-state index contributed by atoms with van der Waals surface area (Å²) >= 11 is 0. The highest BCUT2D eigenvalue weighted by atomic mass is 19.1. The monoisotopic (exact) mass is 449 g/mol. The number of hydrogen-bond acceptors (Lipinski definition) is 4. The molecule has 0 unspecified atom stereocenters. The molecule has 0 aliphatic carbocycles. The maximum absolute atomic E-state index is 14.0. The Kier molecular flexibility index (Phi) is 5.37. The molecule has 1 fully saturated rings.